The van der Waals surface area contributed by atoms with Crippen molar-refractivity contribution in [1.82, 2.24) is 15.5 Å². The van der Waals surface area contributed by atoms with Gasteiger partial charge in [0.05, 0.1) is 0 Å². The molecular weight excluding hydrogens is 186 g/mol. The smallest absolute Gasteiger partial charge is 0.0223 e. The van der Waals surface area contributed by atoms with Crippen LogP contribution in [0.15, 0.2) is 0 Å². The summed E-state index contributed by atoms with van der Waals surface area (Å²) in [6.45, 7) is 10.6. The zero-order valence-electron chi connectivity index (χ0n) is 10.6. The fourth-order valence-corrected chi connectivity index (χ4v) is 2.33. The van der Waals surface area contributed by atoms with E-state index in [1.54, 1.807) is 0 Å². The van der Waals surface area contributed by atoms with E-state index in [2.05, 4.69) is 29.4 Å². The van der Waals surface area contributed by atoms with Gasteiger partial charge in [0.1, 0.15) is 0 Å². The van der Waals surface area contributed by atoms with E-state index in [-0.39, 0.29) is 0 Å². The summed E-state index contributed by atoms with van der Waals surface area (Å²) in [4.78, 5) is 2.66. The molecule has 1 aliphatic rings. The van der Waals surface area contributed by atoms with E-state index >= 15 is 0 Å². The number of hydrogen-bond donors (Lipinski definition) is 2. The van der Waals surface area contributed by atoms with Crippen molar-refractivity contribution in [3.05, 3.63) is 0 Å². The van der Waals surface area contributed by atoms with Crippen LogP contribution in [-0.4, -0.2) is 50.7 Å². The summed E-state index contributed by atoms with van der Waals surface area (Å²) in [5.74, 6) is 0.807. The van der Waals surface area contributed by atoms with Gasteiger partial charge in [-0.1, -0.05) is 13.8 Å². The van der Waals surface area contributed by atoms with Gasteiger partial charge in [0.2, 0.25) is 0 Å². The molecule has 0 saturated carbocycles. The Balaban J connectivity index is 2.29. The second-order valence-electron chi connectivity index (χ2n) is 4.98. The highest BCUT2D eigenvalue weighted by atomic mass is 15.2. The number of piperazine rings is 1. The molecule has 0 bridgehead atoms. The molecule has 0 aromatic heterocycles. The number of nitrogens with zero attached hydrogens (tertiary/aromatic N) is 1. The van der Waals surface area contributed by atoms with Gasteiger partial charge in [-0.05, 0) is 38.9 Å². The van der Waals surface area contributed by atoms with Crippen molar-refractivity contribution in [2.45, 2.75) is 32.7 Å². The summed E-state index contributed by atoms with van der Waals surface area (Å²) in [6, 6.07) is 0.760. The second kappa shape index (κ2) is 7.20. The zero-order chi connectivity index (χ0) is 11.1. The average molecular weight is 213 g/mol. The highest BCUT2D eigenvalue weighted by Gasteiger charge is 2.21. The maximum absolute atomic E-state index is 3.50. The first-order valence-electron chi connectivity index (χ1n) is 6.33. The molecule has 1 saturated heterocycles. The minimum Gasteiger partial charge on any atom is -0.320 e. The maximum Gasteiger partial charge on any atom is 0.0223 e. The summed E-state index contributed by atoms with van der Waals surface area (Å²) in [7, 11) is 2.03. The van der Waals surface area contributed by atoms with Gasteiger partial charge in [-0.3, -0.25) is 4.90 Å². The molecule has 1 atom stereocenters. The predicted molar refractivity (Wildman–Crippen MR) is 66.2 cm³/mol. The van der Waals surface area contributed by atoms with E-state index in [9.17, 15) is 0 Å². The van der Waals surface area contributed by atoms with E-state index < -0.39 is 0 Å². The first-order chi connectivity index (χ1) is 7.24. The van der Waals surface area contributed by atoms with E-state index in [0.29, 0.717) is 0 Å². The third kappa shape index (κ3) is 4.96. The maximum atomic E-state index is 3.50. The quantitative estimate of drug-likeness (QED) is 0.642. The summed E-state index contributed by atoms with van der Waals surface area (Å²) in [5.41, 5.74) is 0. The molecular formula is C12H27N3. The SMILES string of the molecule is CNCCCN1CCNCC1CC(C)C. The second-order valence-corrected chi connectivity index (χ2v) is 4.98. The summed E-state index contributed by atoms with van der Waals surface area (Å²) in [6.07, 6.45) is 2.59. The monoisotopic (exact) mass is 213 g/mol. The molecule has 1 rings (SSSR count). The first kappa shape index (κ1) is 12.9. The predicted octanol–water partition coefficient (Wildman–Crippen LogP) is 0.916. The Bertz CT molecular complexity index is 159. The third-order valence-electron chi connectivity index (χ3n) is 3.09. The van der Waals surface area contributed by atoms with Crippen LogP contribution in [0.2, 0.25) is 0 Å². The third-order valence-corrected chi connectivity index (χ3v) is 3.09. The van der Waals surface area contributed by atoms with Crippen LogP contribution in [0.25, 0.3) is 0 Å². The highest BCUT2D eigenvalue weighted by Crippen LogP contribution is 2.13. The lowest BCUT2D eigenvalue weighted by molar-refractivity contribution is 0.140. The Kier molecular flexibility index (Phi) is 6.22. The van der Waals surface area contributed by atoms with E-state index in [1.165, 1.54) is 32.5 Å². The molecule has 1 aliphatic heterocycles. The van der Waals surface area contributed by atoms with Gasteiger partial charge < -0.3 is 10.6 Å². The average Bonchev–Trinajstić information content (AvgIpc) is 2.20. The lowest BCUT2D eigenvalue weighted by Gasteiger charge is -2.37. The molecule has 0 radical (unpaired) electrons. The number of hydrogen-bond acceptors (Lipinski definition) is 3. The van der Waals surface area contributed by atoms with Crippen molar-refractivity contribution in [3.63, 3.8) is 0 Å². The van der Waals surface area contributed by atoms with Crippen molar-refractivity contribution >= 4 is 0 Å². The van der Waals surface area contributed by atoms with E-state index in [1.807, 2.05) is 7.05 Å². The topological polar surface area (TPSA) is 27.3 Å². The Labute approximate surface area is 94.6 Å². The normalized spacial score (nSPS) is 23.6. The first-order valence-corrected chi connectivity index (χ1v) is 6.33. The standard InChI is InChI=1S/C12H27N3/c1-11(2)9-12-10-14-6-8-15(12)7-4-5-13-3/h11-14H,4-10H2,1-3H3. The zero-order valence-corrected chi connectivity index (χ0v) is 10.6. The molecule has 0 aromatic carbocycles. The van der Waals surface area contributed by atoms with Crippen LogP contribution in [-0.2, 0) is 0 Å². The van der Waals surface area contributed by atoms with Gasteiger partial charge in [0.25, 0.3) is 0 Å². The van der Waals surface area contributed by atoms with E-state index in [4.69, 9.17) is 0 Å². The fourth-order valence-electron chi connectivity index (χ4n) is 2.33. The lowest BCUT2D eigenvalue weighted by atomic mass is 10.0. The molecule has 3 heteroatoms. The summed E-state index contributed by atoms with van der Waals surface area (Å²) in [5, 5.41) is 6.72. The molecule has 0 spiro atoms. The number of rotatable bonds is 6. The fraction of sp³-hybridized carbons (Fsp3) is 1.00. The van der Waals surface area contributed by atoms with Crippen LogP contribution in [0.4, 0.5) is 0 Å². The van der Waals surface area contributed by atoms with Gasteiger partial charge >= 0.3 is 0 Å². The molecule has 1 fully saturated rings. The minimum atomic E-state index is 0.760. The van der Waals surface area contributed by atoms with Gasteiger partial charge in [-0.25, -0.2) is 0 Å². The molecule has 0 aliphatic carbocycles. The largest absolute Gasteiger partial charge is 0.320 e. The van der Waals surface area contributed by atoms with Crippen molar-refractivity contribution in [2.24, 2.45) is 5.92 Å². The van der Waals surface area contributed by atoms with Gasteiger partial charge in [0.15, 0.2) is 0 Å². The van der Waals surface area contributed by atoms with Crippen LogP contribution >= 0.6 is 0 Å². The Morgan fingerprint density at radius 2 is 2.27 bits per heavy atom. The summed E-state index contributed by atoms with van der Waals surface area (Å²) < 4.78 is 0. The van der Waals surface area contributed by atoms with Crippen LogP contribution < -0.4 is 10.6 Å². The van der Waals surface area contributed by atoms with Crippen LogP contribution in [0.5, 0.6) is 0 Å². The molecule has 1 heterocycles. The molecule has 1 unspecified atom stereocenters. The Morgan fingerprint density at radius 1 is 1.47 bits per heavy atom. The number of nitrogens with one attached hydrogen (secondary N) is 2. The molecule has 3 nitrogen and oxygen atoms in total. The lowest BCUT2D eigenvalue weighted by Crippen LogP contribution is -2.52. The Morgan fingerprint density at radius 3 is 2.93 bits per heavy atom. The van der Waals surface area contributed by atoms with Crippen molar-refractivity contribution in [1.29, 1.82) is 0 Å². The van der Waals surface area contributed by atoms with E-state index in [0.717, 1.165) is 25.0 Å². The van der Waals surface area contributed by atoms with Crippen molar-refractivity contribution in [3.8, 4) is 0 Å². The molecule has 90 valence electrons. The Hall–Kier alpha value is -0.120. The van der Waals surface area contributed by atoms with Gasteiger partial charge in [-0.15, -0.1) is 0 Å². The minimum absolute atomic E-state index is 0.760. The van der Waals surface area contributed by atoms with Gasteiger partial charge in [0, 0.05) is 25.7 Å². The highest BCUT2D eigenvalue weighted by molar-refractivity contribution is 4.80. The molecule has 2 N–H and O–H groups in total. The van der Waals surface area contributed by atoms with Crippen molar-refractivity contribution < 1.29 is 0 Å². The van der Waals surface area contributed by atoms with Crippen LogP contribution in [0.1, 0.15) is 26.7 Å². The molecule has 0 aromatic rings. The van der Waals surface area contributed by atoms with Crippen LogP contribution in [0, 0.1) is 5.92 Å². The summed E-state index contributed by atoms with van der Waals surface area (Å²) >= 11 is 0. The molecule has 0 amide bonds. The van der Waals surface area contributed by atoms with Gasteiger partial charge in [-0.2, -0.15) is 0 Å². The van der Waals surface area contributed by atoms with Crippen LogP contribution in [0.3, 0.4) is 0 Å². The van der Waals surface area contributed by atoms with Crippen molar-refractivity contribution in [2.75, 3.05) is 39.8 Å². The molecule has 15 heavy (non-hydrogen) atoms.